The summed E-state index contributed by atoms with van der Waals surface area (Å²) < 4.78 is 34.2. The number of benzene rings is 1. The number of methoxy groups -OCH3 is 1. The second-order valence-electron chi connectivity index (χ2n) is 5.52. The van der Waals surface area contributed by atoms with Crippen LogP contribution in [0.15, 0.2) is 35.5 Å². The van der Waals surface area contributed by atoms with E-state index in [9.17, 15) is 13.5 Å². The lowest BCUT2D eigenvalue weighted by atomic mass is 10.1. The monoisotopic (exact) mass is 337 g/mol. The molecule has 3 rings (SSSR count). The molecule has 8 heteroatoms. The number of hydrogen-bond acceptors (Lipinski definition) is 5. The van der Waals surface area contributed by atoms with Gasteiger partial charge in [0.25, 0.3) is 0 Å². The van der Waals surface area contributed by atoms with Crippen LogP contribution < -0.4 is 4.74 Å². The summed E-state index contributed by atoms with van der Waals surface area (Å²) in [6.45, 7) is -0.0885. The van der Waals surface area contributed by atoms with Crippen molar-refractivity contribution in [3.05, 3.63) is 42.0 Å². The molecule has 23 heavy (non-hydrogen) atoms. The minimum absolute atomic E-state index is 0.148. The van der Waals surface area contributed by atoms with Gasteiger partial charge in [0.1, 0.15) is 5.75 Å². The van der Waals surface area contributed by atoms with Crippen LogP contribution in [0.2, 0.25) is 0 Å². The normalized spacial score (nSPS) is 18.7. The maximum Gasteiger partial charge on any atom is 0.243 e. The summed E-state index contributed by atoms with van der Waals surface area (Å²) in [7, 11) is -0.388. The molecule has 2 heterocycles. The maximum atomic E-state index is 13.0. The molecule has 2 aromatic rings. The zero-order valence-electron chi connectivity index (χ0n) is 13.0. The molecule has 1 aliphatic heterocycles. The zero-order valence-corrected chi connectivity index (χ0v) is 13.8. The van der Waals surface area contributed by atoms with E-state index in [0.29, 0.717) is 12.2 Å². The number of ether oxygens (including phenoxy) is 1. The molecule has 0 saturated heterocycles. The van der Waals surface area contributed by atoms with Gasteiger partial charge in [-0.25, -0.2) is 13.4 Å². The number of aryl methyl sites for hydroxylation is 1. The minimum atomic E-state index is -3.75. The van der Waals surface area contributed by atoms with Gasteiger partial charge in [-0.2, -0.15) is 4.31 Å². The van der Waals surface area contributed by atoms with E-state index >= 15 is 0 Å². The van der Waals surface area contributed by atoms with E-state index < -0.39 is 16.1 Å². The first-order valence-corrected chi connectivity index (χ1v) is 8.67. The first kappa shape index (κ1) is 16.0. The number of imidazole rings is 1. The molecule has 0 spiro atoms. The Bertz CT molecular complexity index is 816. The maximum absolute atomic E-state index is 13.0. The summed E-state index contributed by atoms with van der Waals surface area (Å²) in [5.41, 5.74) is 1.69. The van der Waals surface area contributed by atoms with Gasteiger partial charge >= 0.3 is 0 Å². The highest BCUT2D eigenvalue weighted by molar-refractivity contribution is 7.89. The van der Waals surface area contributed by atoms with E-state index in [4.69, 9.17) is 4.74 Å². The SMILES string of the molecule is COc1cccc(S(=O)(=O)N2Cc3ncn(C)c3C[C@H]2CO)c1. The molecule has 0 radical (unpaired) electrons. The Balaban J connectivity index is 2.01. The van der Waals surface area contributed by atoms with Crippen molar-refractivity contribution < 1.29 is 18.3 Å². The van der Waals surface area contributed by atoms with E-state index in [1.165, 1.54) is 23.5 Å². The molecule has 1 N–H and O–H groups in total. The van der Waals surface area contributed by atoms with Crippen LogP contribution in [-0.2, 0) is 30.0 Å². The molecule has 7 nitrogen and oxygen atoms in total. The molecule has 1 aliphatic rings. The van der Waals surface area contributed by atoms with Gasteiger partial charge in [0, 0.05) is 25.2 Å². The molecule has 1 aromatic heterocycles. The number of aliphatic hydroxyl groups is 1. The average Bonchev–Trinajstić information content (AvgIpc) is 2.94. The van der Waals surface area contributed by atoms with Crippen LogP contribution in [0.4, 0.5) is 0 Å². The number of aromatic nitrogens is 2. The minimum Gasteiger partial charge on any atom is -0.497 e. The molecule has 124 valence electrons. The van der Waals surface area contributed by atoms with Gasteiger partial charge < -0.3 is 14.4 Å². The number of aliphatic hydroxyl groups excluding tert-OH is 1. The van der Waals surface area contributed by atoms with Gasteiger partial charge in [-0.1, -0.05) is 6.07 Å². The predicted molar refractivity (Wildman–Crippen MR) is 83.5 cm³/mol. The Kier molecular flexibility index (Phi) is 4.13. The van der Waals surface area contributed by atoms with Crippen molar-refractivity contribution in [2.75, 3.05) is 13.7 Å². The van der Waals surface area contributed by atoms with Crippen LogP contribution in [-0.4, -0.2) is 47.1 Å². The Morgan fingerprint density at radius 2 is 2.22 bits per heavy atom. The molecule has 0 amide bonds. The molecular weight excluding hydrogens is 318 g/mol. The van der Waals surface area contributed by atoms with E-state index in [-0.39, 0.29) is 18.0 Å². The highest BCUT2D eigenvalue weighted by atomic mass is 32.2. The molecule has 1 atom stereocenters. The largest absolute Gasteiger partial charge is 0.497 e. The van der Waals surface area contributed by atoms with Gasteiger partial charge in [-0.15, -0.1) is 0 Å². The van der Waals surface area contributed by atoms with Gasteiger partial charge in [0.05, 0.1) is 43.2 Å². The van der Waals surface area contributed by atoms with Crippen molar-refractivity contribution in [3.8, 4) is 5.75 Å². The van der Waals surface area contributed by atoms with Crippen LogP contribution in [0.25, 0.3) is 0 Å². The molecule has 0 saturated carbocycles. The van der Waals surface area contributed by atoms with Crippen molar-refractivity contribution in [1.29, 1.82) is 0 Å². The summed E-state index contributed by atoms with van der Waals surface area (Å²) in [6, 6.07) is 5.83. The quantitative estimate of drug-likeness (QED) is 0.880. The van der Waals surface area contributed by atoms with Gasteiger partial charge in [0.15, 0.2) is 0 Å². The predicted octanol–water partition coefficient (Wildman–Crippen LogP) is 0.537. The number of sulfonamides is 1. The second-order valence-corrected chi connectivity index (χ2v) is 7.41. The molecule has 1 aromatic carbocycles. The summed E-state index contributed by atoms with van der Waals surface area (Å²) in [6.07, 6.45) is 2.10. The third-order valence-electron chi connectivity index (χ3n) is 4.15. The van der Waals surface area contributed by atoms with Crippen molar-refractivity contribution in [3.63, 3.8) is 0 Å². The highest BCUT2D eigenvalue weighted by Crippen LogP contribution is 2.29. The molecular formula is C15H19N3O4S. The Hall–Kier alpha value is -1.90. The van der Waals surface area contributed by atoms with Crippen molar-refractivity contribution >= 4 is 10.0 Å². The average molecular weight is 337 g/mol. The van der Waals surface area contributed by atoms with Crippen molar-refractivity contribution in [2.45, 2.75) is 23.9 Å². The topological polar surface area (TPSA) is 84.7 Å². The number of nitrogens with zero attached hydrogens (tertiary/aromatic N) is 3. The van der Waals surface area contributed by atoms with Crippen LogP contribution in [0.5, 0.6) is 5.75 Å². The Labute approximate surface area is 135 Å². The van der Waals surface area contributed by atoms with Crippen LogP contribution >= 0.6 is 0 Å². The first-order chi connectivity index (χ1) is 11.0. The van der Waals surface area contributed by atoms with E-state index in [2.05, 4.69) is 4.98 Å². The van der Waals surface area contributed by atoms with Crippen molar-refractivity contribution in [2.24, 2.45) is 7.05 Å². The van der Waals surface area contributed by atoms with Crippen LogP contribution in [0, 0.1) is 0 Å². The lowest BCUT2D eigenvalue weighted by Crippen LogP contribution is -2.46. The van der Waals surface area contributed by atoms with E-state index in [0.717, 1.165) is 11.4 Å². The molecule has 0 fully saturated rings. The fourth-order valence-corrected chi connectivity index (χ4v) is 4.45. The van der Waals surface area contributed by atoms with Crippen molar-refractivity contribution in [1.82, 2.24) is 13.9 Å². The van der Waals surface area contributed by atoms with Gasteiger partial charge in [-0.05, 0) is 12.1 Å². The summed E-state index contributed by atoms with van der Waals surface area (Å²) in [5, 5.41) is 9.67. The summed E-state index contributed by atoms with van der Waals surface area (Å²) >= 11 is 0. The second kappa shape index (κ2) is 5.95. The highest BCUT2D eigenvalue weighted by Gasteiger charge is 2.37. The fraction of sp³-hybridized carbons (Fsp3) is 0.400. The Morgan fingerprint density at radius 1 is 1.43 bits per heavy atom. The molecule has 0 bridgehead atoms. The van der Waals surface area contributed by atoms with E-state index in [1.807, 2.05) is 11.6 Å². The molecule has 0 unspecified atom stereocenters. The lowest BCUT2D eigenvalue weighted by Gasteiger charge is -2.33. The Morgan fingerprint density at radius 3 is 2.91 bits per heavy atom. The smallest absolute Gasteiger partial charge is 0.243 e. The van der Waals surface area contributed by atoms with Crippen LogP contribution in [0.3, 0.4) is 0 Å². The lowest BCUT2D eigenvalue weighted by molar-refractivity contribution is 0.170. The zero-order chi connectivity index (χ0) is 16.6. The van der Waals surface area contributed by atoms with Crippen LogP contribution in [0.1, 0.15) is 11.4 Å². The van der Waals surface area contributed by atoms with Gasteiger partial charge in [-0.3, -0.25) is 0 Å². The van der Waals surface area contributed by atoms with Gasteiger partial charge in [0.2, 0.25) is 10.0 Å². The third-order valence-corrected chi connectivity index (χ3v) is 6.04. The number of hydrogen-bond donors (Lipinski definition) is 1. The fourth-order valence-electron chi connectivity index (χ4n) is 2.83. The third kappa shape index (κ3) is 2.73. The molecule has 0 aliphatic carbocycles. The summed E-state index contributed by atoms with van der Waals surface area (Å²) in [4.78, 5) is 4.41. The first-order valence-electron chi connectivity index (χ1n) is 7.23. The summed E-state index contributed by atoms with van der Waals surface area (Å²) in [5.74, 6) is 0.474. The number of fused-ring (bicyclic) bond motifs is 1. The number of rotatable bonds is 4. The standard InChI is InChI=1S/C15H19N3O4S/c1-17-10-16-14-8-18(11(9-19)6-15(14)17)23(20,21)13-5-3-4-12(7-13)22-2/h3-5,7,10-11,19H,6,8-9H2,1-2H3/t11-/m0/s1. The van der Waals surface area contributed by atoms with E-state index in [1.54, 1.807) is 18.5 Å².